The molecular weight excluding hydrogens is 288 g/mol. The van der Waals surface area contributed by atoms with Crippen molar-refractivity contribution in [3.8, 4) is 5.13 Å². The van der Waals surface area contributed by atoms with Gasteiger partial charge in [0.05, 0.1) is 12.3 Å². The highest BCUT2D eigenvalue weighted by atomic mass is 32.1. The Balaban J connectivity index is 2.06. The number of esters is 1. The van der Waals surface area contributed by atoms with E-state index in [0.29, 0.717) is 18.8 Å². The van der Waals surface area contributed by atoms with Crippen molar-refractivity contribution in [2.75, 3.05) is 12.3 Å². The first-order chi connectivity index (χ1) is 10.2. The molecule has 0 saturated carbocycles. The van der Waals surface area contributed by atoms with Crippen LogP contribution < -0.4 is 5.73 Å². The number of aromatic nitrogens is 3. The maximum Gasteiger partial charge on any atom is 0.360 e. The molecule has 0 unspecified atom stereocenters. The predicted octanol–water partition coefficient (Wildman–Crippen LogP) is 2.14. The number of fused-ring (bicyclic) bond motifs is 1. The number of hydrogen-bond donors (Lipinski definition) is 1. The van der Waals surface area contributed by atoms with Crippen LogP contribution in [0, 0.1) is 0 Å². The van der Waals surface area contributed by atoms with Crippen molar-refractivity contribution >= 4 is 23.1 Å². The summed E-state index contributed by atoms with van der Waals surface area (Å²) in [7, 11) is 0. The molecular formula is C14H18N4O2S. The zero-order chi connectivity index (χ0) is 15.0. The second-order valence-corrected chi connectivity index (χ2v) is 5.95. The molecule has 0 aliphatic heterocycles. The van der Waals surface area contributed by atoms with Crippen LogP contribution in [0.5, 0.6) is 0 Å². The summed E-state index contributed by atoms with van der Waals surface area (Å²) in [6.07, 6.45) is 3.94. The minimum atomic E-state index is -0.479. The maximum atomic E-state index is 11.9. The van der Waals surface area contributed by atoms with Crippen LogP contribution in [-0.2, 0) is 24.0 Å². The molecule has 0 spiro atoms. The highest BCUT2D eigenvalue weighted by molar-refractivity contribution is 7.14. The lowest BCUT2D eigenvalue weighted by atomic mass is 10.4. The molecule has 0 amide bonds. The molecule has 2 aromatic rings. The van der Waals surface area contributed by atoms with Gasteiger partial charge in [-0.1, -0.05) is 6.92 Å². The first-order valence-corrected chi connectivity index (χ1v) is 8.00. The first-order valence-electron chi connectivity index (χ1n) is 7.18. The van der Waals surface area contributed by atoms with Crippen LogP contribution in [-0.4, -0.2) is 27.1 Å². The number of anilines is 1. The summed E-state index contributed by atoms with van der Waals surface area (Å²) < 4.78 is 6.79. The van der Waals surface area contributed by atoms with Gasteiger partial charge < -0.3 is 10.5 Å². The minimum absolute atomic E-state index is 0.184. The van der Waals surface area contributed by atoms with Crippen molar-refractivity contribution in [1.82, 2.24) is 14.5 Å². The van der Waals surface area contributed by atoms with Gasteiger partial charge in [0.25, 0.3) is 0 Å². The number of carbonyl (C=O) groups excluding carboxylic acids is 1. The standard InChI is InChI=1S/C14H18N4O2S/c1-3-10-17-11(13(19)20-4-2)12(15)18(10)14-16-8-6-5-7-9(8)21-14/h3-7,15H2,1-2H3. The van der Waals surface area contributed by atoms with Gasteiger partial charge in [-0.3, -0.25) is 4.57 Å². The van der Waals surface area contributed by atoms with Gasteiger partial charge in [0.2, 0.25) is 0 Å². The summed E-state index contributed by atoms with van der Waals surface area (Å²) in [4.78, 5) is 22.2. The normalized spacial score (nSPS) is 13.4. The summed E-state index contributed by atoms with van der Waals surface area (Å²) in [5.41, 5.74) is 7.47. The Morgan fingerprint density at radius 3 is 2.86 bits per heavy atom. The van der Waals surface area contributed by atoms with E-state index in [-0.39, 0.29) is 5.69 Å². The predicted molar refractivity (Wildman–Crippen MR) is 81.0 cm³/mol. The van der Waals surface area contributed by atoms with E-state index >= 15 is 0 Å². The molecule has 0 saturated heterocycles. The molecule has 6 nitrogen and oxygen atoms in total. The quantitative estimate of drug-likeness (QED) is 0.875. The van der Waals surface area contributed by atoms with Gasteiger partial charge in [0.15, 0.2) is 10.8 Å². The molecule has 21 heavy (non-hydrogen) atoms. The summed E-state index contributed by atoms with van der Waals surface area (Å²) in [6.45, 7) is 4.05. The van der Waals surface area contributed by atoms with Crippen molar-refractivity contribution in [3.05, 3.63) is 22.1 Å². The number of ether oxygens (including phenoxy) is 1. The van der Waals surface area contributed by atoms with Gasteiger partial charge >= 0.3 is 5.97 Å². The van der Waals surface area contributed by atoms with Crippen LogP contribution in [0.1, 0.15) is 47.2 Å². The van der Waals surface area contributed by atoms with Crippen molar-refractivity contribution in [2.24, 2.45) is 0 Å². The molecule has 2 N–H and O–H groups in total. The third-order valence-corrected chi connectivity index (χ3v) is 4.69. The van der Waals surface area contributed by atoms with Crippen LogP contribution in [0.4, 0.5) is 5.82 Å². The lowest BCUT2D eigenvalue weighted by molar-refractivity contribution is 0.0521. The molecule has 0 fully saturated rings. The molecule has 112 valence electrons. The van der Waals surface area contributed by atoms with E-state index in [1.165, 1.54) is 11.3 Å². The molecule has 0 radical (unpaired) electrons. The molecule has 2 heterocycles. The first kappa shape index (κ1) is 14.1. The molecule has 1 aliphatic rings. The molecule has 7 heteroatoms. The Kier molecular flexibility index (Phi) is 3.67. The molecule has 1 aliphatic carbocycles. The van der Waals surface area contributed by atoms with E-state index in [1.807, 2.05) is 6.92 Å². The van der Waals surface area contributed by atoms with Gasteiger partial charge in [-0.25, -0.2) is 14.8 Å². The number of carbonyl (C=O) groups is 1. The summed E-state index contributed by atoms with van der Waals surface area (Å²) >= 11 is 1.64. The Hall–Kier alpha value is -1.89. The molecule has 0 atom stereocenters. The zero-order valence-electron chi connectivity index (χ0n) is 12.2. The molecule has 3 rings (SSSR count). The Morgan fingerprint density at radius 1 is 1.38 bits per heavy atom. The number of aryl methyl sites for hydroxylation is 3. The zero-order valence-corrected chi connectivity index (χ0v) is 13.0. The van der Waals surface area contributed by atoms with Crippen LogP contribution >= 0.6 is 11.3 Å². The van der Waals surface area contributed by atoms with Gasteiger partial charge in [-0.15, -0.1) is 11.3 Å². The number of imidazole rings is 1. The van der Waals surface area contributed by atoms with Gasteiger partial charge in [0.1, 0.15) is 11.6 Å². The largest absolute Gasteiger partial charge is 0.461 e. The van der Waals surface area contributed by atoms with Crippen molar-refractivity contribution < 1.29 is 9.53 Å². The van der Waals surface area contributed by atoms with E-state index in [4.69, 9.17) is 10.5 Å². The summed E-state index contributed by atoms with van der Waals surface area (Å²) in [5.74, 6) is 0.577. The van der Waals surface area contributed by atoms with E-state index in [1.54, 1.807) is 22.8 Å². The van der Waals surface area contributed by atoms with Crippen LogP contribution in [0.25, 0.3) is 5.13 Å². The van der Waals surface area contributed by atoms with E-state index in [9.17, 15) is 4.79 Å². The fourth-order valence-corrected chi connectivity index (χ4v) is 3.74. The minimum Gasteiger partial charge on any atom is -0.461 e. The van der Waals surface area contributed by atoms with Crippen molar-refractivity contribution in [3.63, 3.8) is 0 Å². The smallest absolute Gasteiger partial charge is 0.360 e. The molecule has 0 bridgehead atoms. The Labute approximate surface area is 127 Å². The average Bonchev–Trinajstić information content (AvgIpc) is 3.10. The highest BCUT2D eigenvalue weighted by Crippen LogP contribution is 2.32. The van der Waals surface area contributed by atoms with E-state index in [0.717, 1.165) is 29.5 Å². The lowest BCUT2D eigenvalue weighted by Crippen LogP contribution is -2.09. The SMILES string of the molecule is CCOC(=O)c1nc(CC)n(-c2nc3c(s2)CCC3)c1N. The second kappa shape index (κ2) is 5.48. The number of nitrogens with zero attached hydrogens (tertiary/aromatic N) is 3. The summed E-state index contributed by atoms with van der Waals surface area (Å²) in [5, 5.41) is 0.803. The monoisotopic (exact) mass is 306 g/mol. The number of nitrogens with two attached hydrogens (primary N) is 1. The molecule has 0 aromatic carbocycles. The topological polar surface area (TPSA) is 83.0 Å². The highest BCUT2D eigenvalue weighted by Gasteiger charge is 2.25. The van der Waals surface area contributed by atoms with E-state index in [2.05, 4.69) is 9.97 Å². The van der Waals surface area contributed by atoms with E-state index < -0.39 is 5.97 Å². The fourth-order valence-electron chi connectivity index (χ4n) is 2.55. The third-order valence-electron chi connectivity index (χ3n) is 3.54. The number of thiazole rings is 1. The summed E-state index contributed by atoms with van der Waals surface area (Å²) in [6, 6.07) is 0. The van der Waals surface area contributed by atoms with Crippen LogP contribution in [0.3, 0.4) is 0 Å². The van der Waals surface area contributed by atoms with Crippen LogP contribution in [0.2, 0.25) is 0 Å². The lowest BCUT2D eigenvalue weighted by Gasteiger charge is -2.04. The van der Waals surface area contributed by atoms with Crippen molar-refractivity contribution in [2.45, 2.75) is 39.5 Å². The van der Waals surface area contributed by atoms with Gasteiger partial charge in [-0.2, -0.15) is 0 Å². The Bertz CT molecular complexity index is 668. The van der Waals surface area contributed by atoms with Crippen LogP contribution in [0.15, 0.2) is 0 Å². The fraction of sp³-hybridized carbons (Fsp3) is 0.500. The number of nitrogen functional groups attached to an aromatic ring is 1. The van der Waals surface area contributed by atoms with Gasteiger partial charge in [-0.05, 0) is 26.2 Å². The maximum absolute atomic E-state index is 11.9. The Morgan fingerprint density at radius 2 is 2.19 bits per heavy atom. The number of rotatable bonds is 4. The third kappa shape index (κ3) is 2.31. The average molecular weight is 306 g/mol. The second-order valence-electron chi connectivity index (χ2n) is 4.89. The number of hydrogen-bond acceptors (Lipinski definition) is 6. The molecule has 2 aromatic heterocycles. The van der Waals surface area contributed by atoms with Gasteiger partial charge in [0, 0.05) is 11.3 Å². The van der Waals surface area contributed by atoms with Crippen molar-refractivity contribution in [1.29, 1.82) is 0 Å².